The standard InChI is InChI=1S/C10H8ClN.2C2H6/c1-7-2-4-9-8(6-7)3-5-10(11)12-9;2*1-2/h2-6H,1H3;2*1-2H3. The molecule has 0 fully saturated rings. The summed E-state index contributed by atoms with van der Waals surface area (Å²) in [5, 5.41) is 1.69. The van der Waals surface area contributed by atoms with Gasteiger partial charge >= 0.3 is 0 Å². The summed E-state index contributed by atoms with van der Waals surface area (Å²) in [6.45, 7) is 10.1. The van der Waals surface area contributed by atoms with E-state index in [9.17, 15) is 0 Å². The molecule has 88 valence electrons. The van der Waals surface area contributed by atoms with Crippen molar-refractivity contribution in [2.75, 3.05) is 0 Å². The predicted molar refractivity (Wildman–Crippen MR) is 74.2 cm³/mol. The van der Waals surface area contributed by atoms with Gasteiger partial charge in [0.2, 0.25) is 0 Å². The van der Waals surface area contributed by atoms with Gasteiger partial charge in [0.05, 0.1) is 5.52 Å². The van der Waals surface area contributed by atoms with Gasteiger partial charge in [-0.3, -0.25) is 0 Å². The summed E-state index contributed by atoms with van der Waals surface area (Å²) in [5.41, 5.74) is 2.19. The molecular weight excluding hydrogens is 218 g/mol. The molecular formula is C14H20ClN. The van der Waals surface area contributed by atoms with Crippen LogP contribution in [0, 0.1) is 6.92 Å². The molecule has 0 N–H and O–H groups in total. The van der Waals surface area contributed by atoms with E-state index in [4.69, 9.17) is 11.6 Å². The van der Waals surface area contributed by atoms with E-state index < -0.39 is 0 Å². The van der Waals surface area contributed by atoms with Crippen LogP contribution in [0.15, 0.2) is 30.3 Å². The molecule has 1 aromatic heterocycles. The Bertz CT molecular complexity index is 383. The highest BCUT2D eigenvalue weighted by molar-refractivity contribution is 6.29. The Hall–Kier alpha value is -1.08. The highest BCUT2D eigenvalue weighted by Gasteiger charge is 1.95. The van der Waals surface area contributed by atoms with Crippen LogP contribution in [0.3, 0.4) is 0 Å². The van der Waals surface area contributed by atoms with Gasteiger partial charge in [-0.15, -0.1) is 0 Å². The third-order valence-corrected chi connectivity index (χ3v) is 2.02. The molecule has 0 aliphatic heterocycles. The fourth-order valence-electron chi connectivity index (χ4n) is 1.22. The lowest BCUT2D eigenvalue weighted by Crippen LogP contribution is -1.79. The maximum atomic E-state index is 5.75. The second-order valence-electron chi connectivity index (χ2n) is 2.83. The van der Waals surface area contributed by atoms with Gasteiger partial charge in [0, 0.05) is 5.39 Å². The number of rotatable bonds is 0. The van der Waals surface area contributed by atoms with Crippen molar-refractivity contribution < 1.29 is 0 Å². The van der Waals surface area contributed by atoms with Gasteiger partial charge in [0.1, 0.15) is 5.15 Å². The number of nitrogens with zero attached hydrogens (tertiary/aromatic N) is 1. The Morgan fingerprint density at radius 3 is 2.19 bits per heavy atom. The topological polar surface area (TPSA) is 12.9 Å². The van der Waals surface area contributed by atoms with Crippen molar-refractivity contribution in [1.29, 1.82) is 0 Å². The zero-order valence-corrected chi connectivity index (χ0v) is 11.5. The average molecular weight is 238 g/mol. The lowest BCUT2D eigenvalue weighted by atomic mass is 10.1. The molecule has 1 heterocycles. The van der Waals surface area contributed by atoms with Gasteiger partial charge in [0.15, 0.2) is 0 Å². The van der Waals surface area contributed by atoms with Crippen LogP contribution in [0.4, 0.5) is 0 Å². The van der Waals surface area contributed by atoms with Crippen molar-refractivity contribution in [2.45, 2.75) is 34.6 Å². The van der Waals surface area contributed by atoms with Crippen molar-refractivity contribution in [3.8, 4) is 0 Å². The van der Waals surface area contributed by atoms with E-state index in [1.165, 1.54) is 5.56 Å². The summed E-state index contributed by atoms with van der Waals surface area (Å²) < 4.78 is 0. The summed E-state index contributed by atoms with van der Waals surface area (Å²) >= 11 is 5.75. The van der Waals surface area contributed by atoms with Crippen molar-refractivity contribution in [2.24, 2.45) is 0 Å². The van der Waals surface area contributed by atoms with Crippen LogP contribution in [-0.2, 0) is 0 Å². The molecule has 2 heteroatoms. The van der Waals surface area contributed by atoms with E-state index in [1.54, 1.807) is 0 Å². The largest absolute Gasteiger partial charge is 0.236 e. The van der Waals surface area contributed by atoms with Gasteiger partial charge in [-0.25, -0.2) is 4.98 Å². The molecule has 0 radical (unpaired) electrons. The number of aromatic nitrogens is 1. The van der Waals surface area contributed by atoms with E-state index in [0.717, 1.165) is 10.9 Å². The average Bonchev–Trinajstić information content (AvgIpc) is 2.35. The minimum atomic E-state index is 0.548. The number of benzene rings is 1. The quantitative estimate of drug-likeness (QED) is 0.571. The molecule has 0 aliphatic rings. The summed E-state index contributed by atoms with van der Waals surface area (Å²) in [5.74, 6) is 0. The van der Waals surface area contributed by atoms with E-state index >= 15 is 0 Å². The van der Waals surface area contributed by atoms with Crippen LogP contribution in [0.1, 0.15) is 33.3 Å². The zero-order chi connectivity index (χ0) is 12.6. The molecule has 0 saturated carbocycles. The molecule has 0 unspecified atom stereocenters. The molecule has 2 aromatic rings. The van der Waals surface area contributed by atoms with E-state index in [1.807, 2.05) is 52.0 Å². The Balaban J connectivity index is 0.000000509. The van der Waals surface area contributed by atoms with Crippen LogP contribution >= 0.6 is 11.6 Å². The Labute approximate surface area is 103 Å². The normalized spacial score (nSPS) is 8.62. The summed E-state index contributed by atoms with van der Waals surface area (Å²) in [4.78, 5) is 4.18. The number of aryl methyl sites for hydroxylation is 1. The van der Waals surface area contributed by atoms with Gasteiger partial charge in [0.25, 0.3) is 0 Å². The number of fused-ring (bicyclic) bond motifs is 1. The molecule has 0 amide bonds. The molecule has 1 aromatic carbocycles. The highest BCUT2D eigenvalue weighted by atomic mass is 35.5. The van der Waals surface area contributed by atoms with Gasteiger partial charge in [-0.05, 0) is 31.2 Å². The third kappa shape index (κ3) is 4.19. The fourth-order valence-corrected chi connectivity index (χ4v) is 1.37. The van der Waals surface area contributed by atoms with E-state index in [2.05, 4.69) is 18.0 Å². The number of hydrogen-bond donors (Lipinski definition) is 0. The van der Waals surface area contributed by atoms with Crippen LogP contribution in [-0.4, -0.2) is 4.98 Å². The SMILES string of the molecule is CC.CC.Cc1ccc2nc(Cl)ccc2c1. The lowest BCUT2D eigenvalue weighted by Gasteiger charge is -1.98. The van der Waals surface area contributed by atoms with Crippen LogP contribution in [0.5, 0.6) is 0 Å². The van der Waals surface area contributed by atoms with Gasteiger partial charge in [-0.2, -0.15) is 0 Å². The molecule has 0 atom stereocenters. The Morgan fingerprint density at radius 1 is 0.938 bits per heavy atom. The van der Waals surface area contributed by atoms with Crippen molar-refractivity contribution in [1.82, 2.24) is 4.98 Å². The predicted octanol–water partition coefficient (Wildman–Crippen LogP) is 5.25. The highest BCUT2D eigenvalue weighted by Crippen LogP contribution is 2.16. The maximum Gasteiger partial charge on any atom is 0.129 e. The molecule has 0 bridgehead atoms. The third-order valence-electron chi connectivity index (χ3n) is 1.81. The lowest BCUT2D eigenvalue weighted by molar-refractivity contribution is 1.39. The minimum absolute atomic E-state index is 0.548. The molecule has 0 aliphatic carbocycles. The van der Waals surface area contributed by atoms with E-state index in [-0.39, 0.29) is 0 Å². The second-order valence-corrected chi connectivity index (χ2v) is 3.22. The van der Waals surface area contributed by atoms with E-state index in [0.29, 0.717) is 5.15 Å². The smallest absolute Gasteiger partial charge is 0.129 e. The summed E-state index contributed by atoms with van der Waals surface area (Å²) in [6.07, 6.45) is 0. The Morgan fingerprint density at radius 2 is 1.56 bits per heavy atom. The Kier molecular flexibility index (Phi) is 7.57. The molecule has 16 heavy (non-hydrogen) atoms. The van der Waals surface area contributed by atoms with Crippen molar-refractivity contribution >= 4 is 22.5 Å². The van der Waals surface area contributed by atoms with Crippen LogP contribution in [0.25, 0.3) is 10.9 Å². The van der Waals surface area contributed by atoms with Gasteiger partial charge in [-0.1, -0.05) is 50.9 Å². The summed E-state index contributed by atoms with van der Waals surface area (Å²) in [6, 6.07) is 9.90. The second kappa shape index (κ2) is 8.12. The first-order valence-corrected chi connectivity index (χ1v) is 6.16. The molecule has 2 rings (SSSR count). The summed E-state index contributed by atoms with van der Waals surface area (Å²) in [7, 11) is 0. The number of pyridine rings is 1. The maximum absolute atomic E-state index is 5.75. The molecule has 1 nitrogen and oxygen atoms in total. The first-order chi connectivity index (χ1) is 7.75. The first-order valence-electron chi connectivity index (χ1n) is 5.78. The van der Waals surface area contributed by atoms with Crippen LogP contribution in [0.2, 0.25) is 5.15 Å². The zero-order valence-electron chi connectivity index (χ0n) is 10.7. The van der Waals surface area contributed by atoms with Crippen molar-refractivity contribution in [3.05, 3.63) is 41.0 Å². The monoisotopic (exact) mass is 237 g/mol. The first kappa shape index (κ1) is 14.9. The van der Waals surface area contributed by atoms with Gasteiger partial charge < -0.3 is 0 Å². The number of hydrogen-bond acceptors (Lipinski definition) is 1. The number of halogens is 1. The fraction of sp³-hybridized carbons (Fsp3) is 0.357. The molecule has 0 spiro atoms. The van der Waals surface area contributed by atoms with Crippen LogP contribution < -0.4 is 0 Å². The molecule has 0 saturated heterocycles. The van der Waals surface area contributed by atoms with Crippen molar-refractivity contribution in [3.63, 3.8) is 0 Å². The minimum Gasteiger partial charge on any atom is -0.236 e.